The molecule has 2 fully saturated rings. The Hall–Kier alpha value is -1.06. The Morgan fingerprint density at radius 1 is 1.32 bits per heavy atom. The van der Waals surface area contributed by atoms with E-state index in [1.807, 2.05) is 12.1 Å². The van der Waals surface area contributed by atoms with Gasteiger partial charge in [-0.1, -0.05) is 32.8 Å². The lowest BCUT2D eigenvalue weighted by molar-refractivity contribution is 0.0700. The zero-order valence-corrected chi connectivity index (χ0v) is 11.7. The average molecular weight is 261 g/mol. The summed E-state index contributed by atoms with van der Waals surface area (Å²) in [6.07, 6.45) is 3.41. The van der Waals surface area contributed by atoms with Gasteiger partial charge in [0.05, 0.1) is 6.10 Å². The van der Waals surface area contributed by atoms with Crippen LogP contribution in [0.25, 0.3) is 0 Å². The van der Waals surface area contributed by atoms with Gasteiger partial charge in [-0.15, -0.1) is 0 Å². The Kier molecular flexibility index (Phi) is 3.06. The fourth-order valence-electron chi connectivity index (χ4n) is 3.84. The predicted molar refractivity (Wildman–Crippen MR) is 75.5 cm³/mol. The van der Waals surface area contributed by atoms with Gasteiger partial charge in [-0.25, -0.2) is 0 Å². The number of rotatable bonds is 1. The van der Waals surface area contributed by atoms with E-state index in [0.29, 0.717) is 5.75 Å². The van der Waals surface area contributed by atoms with Crippen molar-refractivity contribution in [2.24, 2.45) is 0 Å². The van der Waals surface area contributed by atoms with Gasteiger partial charge in [-0.05, 0) is 29.7 Å². The van der Waals surface area contributed by atoms with Crippen molar-refractivity contribution in [3.63, 3.8) is 0 Å². The first kappa shape index (κ1) is 12.9. The van der Waals surface area contributed by atoms with Gasteiger partial charge in [0.25, 0.3) is 0 Å². The average Bonchev–Trinajstić information content (AvgIpc) is 2.82. The lowest BCUT2D eigenvalue weighted by Crippen LogP contribution is -2.66. The molecule has 3 nitrogen and oxygen atoms in total. The highest BCUT2D eigenvalue weighted by Gasteiger charge is 2.64. The number of benzene rings is 1. The number of aromatic hydroxyl groups is 1. The van der Waals surface area contributed by atoms with Gasteiger partial charge in [0, 0.05) is 23.9 Å². The summed E-state index contributed by atoms with van der Waals surface area (Å²) in [6.45, 7) is 5.34. The summed E-state index contributed by atoms with van der Waals surface area (Å²) < 4.78 is 0. The Bertz CT molecular complexity index is 486. The summed E-state index contributed by atoms with van der Waals surface area (Å²) in [5.74, 6) is 0.542. The van der Waals surface area contributed by atoms with Crippen LogP contribution in [0.15, 0.2) is 18.2 Å². The molecule has 1 spiro atoms. The highest BCUT2D eigenvalue weighted by atomic mass is 16.3. The van der Waals surface area contributed by atoms with Crippen LogP contribution < -0.4 is 5.32 Å². The standard InChI is InChI=1S/C12H13NO2.C4H10/c14-6-1-2-9-7(3-6)8-4-12(9)5-13-11(12)10(8)15;1-3-4-2/h1-3,8,10-11,13-15H,4-5H2;3-4H2,1-2H3. The van der Waals surface area contributed by atoms with Crippen LogP contribution in [-0.2, 0) is 5.41 Å². The van der Waals surface area contributed by atoms with Gasteiger partial charge in [0.2, 0.25) is 0 Å². The minimum Gasteiger partial charge on any atom is -0.508 e. The summed E-state index contributed by atoms with van der Waals surface area (Å²) in [7, 11) is 0. The van der Waals surface area contributed by atoms with Crippen LogP contribution in [0, 0.1) is 0 Å². The molecule has 3 N–H and O–H groups in total. The van der Waals surface area contributed by atoms with E-state index >= 15 is 0 Å². The number of fused-ring (bicyclic) bond motifs is 3. The molecule has 3 aliphatic rings. The van der Waals surface area contributed by atoms with Crippen LogP contribution in [-0.4, -0.2) is 28.9 Å². The normalized spacial score (nSPS) is 36.9. The molecule has 1 aliphatic heterocycles. The van der Waals surface area contributed by atoms with E-state index in [9.17, 15) is 10.2 Å². The van der Waals surface area contributed by atoms with Gasteiger partial charge in [-0.3, -0.25) is 0 Å². The Labute approximate surface area is 114 Å². The third-order valence-corrected chi connectivity index (χ3v) is 5.04. The molecule has 1 saturated carbocycles. The van der Waals surface area contributed by atoms with Crippen molar-refractivity contribution in [3.8, 4) is 5.75 Å². The van der Waals surface area contributed by atoms with Crippen LogP contribution in [0.1, 0.15) is 50.2 Å². The Balaban J connectivity index is 0.000000247. The van der Waals surface area contributed by atoms with Crippen molar-refractivity contribution < 1.29 is 10.2 Å². The van der Waals surface area contributed by atoms with Crippen LogP contribution in [0.5, 0.6) is 5.75 Å². The SMILES string of the molecule is CCCC.Oc1ccc2c(c1)C1CC23CNC3C1O. The molecule has 0 radical (unpaired) electrons. The molecule has 1 heterocycles. The van der Waals surface area contributed by atoms with Crippen LogP contribution >= 0.6 is 0 Å². The monoisotopic (exact) mass is 261 g/mol. The number of aliphatic hydroxyl groups is 1. The molecule has 2 bridgehead atoms. The van der Waals surface area contributed by atoms with E-state index in [2.05, 4.69) is 19.2 Å². The molecule has 4 rings (SSSR count). The quantitative estimate of drug-likeness (QED) is 0.727. The fraction of sp³-hybridized carbons (Fsp3) is 0.625. The molecule has 19 heavy (non-hydrogen) atoms. The van der Waals surface area contributed by atoms with E-state index in [1.54, 1.807) is 6.07 Å². The van der Waals surface area contributed by atoms with Crippen molar-refractivity contribution in [1.29, 1.82) is 0 Å². The van der Waals surface area contributed by atoms with E-state index in [1.165, 1.54) is 24.0 Å². The van der Waals surface area contributed by atoms with Gasteiger partial charge < -0.3 is 15.5 Å². The summed E-state index contributed by atoms with van der Waals surface area (Å²) in [5.41, 5.74) is 2.69. The maximum Gasteiger partial charge on any atom is 0.115 e. The zero-order chi connectivity index (χ0) is 13.6. The van der Waals surface area contributed by atoms with Crippen molar-refractivity contribution >= 4 is 0 Å². The minimum atomic E-state index is -0.270. The van der Waals surface area contributed by atoms with Gasteiger partial charge in [0.15, 0.2) is 0 Å². The molecule has 4 unspecified atom stereocenters. The van der Waals surface area contributed by atoms with Crippen molar-refractivity contribution in [3.05, 3.63) is 29.3 Å². The first-order valence-electron chi connectivity index (χ1n) is 7.39. The van der Waals surface area contributed by atoms with Crippen molar-refractivity contribution in [1.82, 2.24) is 5.32 Å². The summed E-state index contributed by atoms with van der Waals surface area (Å²) in [5, 5.41) is 22.9. The smallest absolute Gasteiger partial charge is 0.115 e. The molecule has 1 saturated heterocycles. The summed E-state index contributed by atoms with van der Waals surface area (Å²) in [4.78, 5) is 0. The second kappa shape index (κ2) is 4.50. The maximum atomic E-state index is 10.1. The molecule has 1 aromatic carbocycles. The number of aliphatic hydroxyl groups excluding tert-OH is 1. The van der Waals surface area contributed by atoms with Gasteiger partial charge >= 0.3 is 0 Å². The van der Waals surface area contributed by atoms with Gasteiger partial charge in [0.1, 0.15) is 5.75 Å². The molecule has 0 aromatic heterocycles. The topological polar surface area (TPSA) is 52.5 Å². The highest BCUT2D eigenvalue weighted by molar-refractivity contribution is 5.54. The Morgan fingerprint density at radius 3 is 2.63 bits per heavy atom. The van der Waals surface area contributed by atoms with Gasteiger partial charge in [-0.2, -0.15) is 0 Å². The van der Waals surface area contributed by atoms with E-state index in [4.69, 9.17) is 0 Å². The minimum absolute atomic E-state index is 0.174. The van der Waals surface area contributed by atoms with E-state index in [-0.39, 0.29) is 23.5 Å². The van der Waals surface area contributed by atoms with Crippen LogP contribution in [0.2, 0.25) is 0 Å². The molecule has 0 amide bonds. The molecule has 104 valence electrons. The van der Waals surface area contributed by atoms with Crippen LogP contribution in [0.4, 0.5) is 0 Å². The third kappa shape index (κ3) is 1.65. The second-order valence-corrected chi connectivity index (χ2v) is 6.09. The Morgan fingerprint density at radius 2 is 2.05 bits per heavy atom. The zero-order valence-electron chi connectivity index (χ0n) is 11.7. The molecular formula is C16H23NO2. The summed E-state index contributed by atoms with van der Waals surface area (Å²) >= 11 is 0. The second-order valence-electron chi connectivity index (χ2n) is 6.09. The number of hydrogen-bond acceptors (Lipinski definition) is 3. The number of phenolic OH excluding ortho intramolecular Hbond substituents is 1. The lowest BCUT2D eigenvalue weighted by Gasteiger charge is -2.48. The van der Waals surface area contributed by atoms with E-state index in [0.717, 1.165) is 13.0 Å². The number of unbranched alkanes of at least 4 members (excludes halogenated alkanes) is 1. The fourth-order valence-corrected chi connectivity index (χ4v) is 3.84. The molecule has 3 heteroatoms. The first-order valence-corrected chi connectivity index (χ1v) is 7.39. The molecule has 1 aromatic rings. The third-order valence-electron chi connectivity index (χ3n) is 5.04. The number of phenols is 1. The van der Waals surface area contributed by atoms with Crippen molar-refractivity contribution in [2.75, 3.05) is 6.54 Å². The van der Waals surface area contributed by atoms with Crippen molar-refractivity contribution in [2.45, 2.75) is 56.6 Å². The molecule has 2 aliphatic carbocycles. The summed E-state index contributed by atoms with van der Waals surface area (Å²) in [6, 6.07) is 5.87. The largest absolute Gasteiger partial charge is 0.508 e. The number of nitrogens with one attached hydrogen (secondary N) is 1. The van der Waals surface area contributed by atoms with Crippen LogP contribution in [0.3, 0.4) is 0 Å². The van der Waals surface area contributed by atoms with E-state index < -0.39 is 0 Å². The highest BCUT2D eigenvalue weighted by Crippen LogP contribution is 2.60. The first-order chi connectivity index (χ1) is 9.14. The maximum absolute atomic E-state index is 10.1. The predicted octanol–water partition coefficient (Wildman–Crippen LogP) is 2.27. The molecular weight excluding hydrogens is 238 g/mol. The lowest BCUT2D eigenvalue weighted by atomic mass is 9.69. The number of hydrogen-bond donors (Lipinski definition) is 3. The molecule has 4 atom stereocenters.